The topological polar surface area (TPSA) is 39.1 Å². The molecule has 114 valence electrons. The van der Waals surface area contributed by atoms with Gasteiger partial charge >= 0.3 is 0 Å². The van der Waals surface area contributed by atoms with Gasteiger partial charge in [-0.3, -0.25) is 4.68 Å². The standard InChI is InChI=1S/C15H19Cl2N3O/c1-4-18-14(10-6-7-11(16)12(17)8-10)15-13(21-3)9-19-20(15)5-2/h6-9,14,18H,4-5H2,1-3H3. The summed E-state index contributed by atoms with van der Waals surface area (Å²) < 4.78 is 7.37. The number of rotatable bonds is 6. The van der Waals surface area contributed by atoms with Crippen molar-refractivity contribution in [3.63, 3.8) is 0 Å². The number of halogens is 2. The van der Waals surface area contributed by atoms with Crippen molar-refractivity contribution in [3.8, 4) is 5.75 Å². The van der Waals surface area contributed by atoms with Gasteiger partial charge in [0.15, 0.2) is 5.75 Å². The van der Waals surface area contributed by atoms with Gasteiger partial charge in [0.2, 0.25) is 0 Å². The fourth-order valence-corrected chi connectivity index (χ4v) is 2.65. The summed E-state index contributed by atoms with van der Waals surface area (Å²) in [6, 6.07) is 5.60. The summed E-state index contributed by atoms with van der Waals surface area (Å²) in [7, 11) is 1.65. The predicted octanol–water partition coefficient (Wildman–Crippen LogP) is 3.92. The van der Waals surface area contributed by atoms with Crippen molar-refractivity contribution in [2.75, 3.05) is 13.7 Å². The Balaban J connectivity index is 2.52. The number of ether oxygens (including phenoxy) is 1. The molecule has 0 aliphatic carbocycles. The number of hydrogen-bond acceptors (Lipinski definition) is 3. The Morgan fingerprint density at radius 3 is 2.62 bits per heavy atom. The van der Waals surface area contributed by atoms with Crippen LogP contribution in [0.4, 0.5) is 0 Å². The second kappa shape index (κ2) is 7.16. The largest absolute Gasteiger partial charge is 0.493 e. The first-order chi connectivity index (χ1) is 10.1. The number of aromatic nitrogens is 2. The van der Waals surface area contributed by atoms with E-state index in [9.17, 15) is 0 Å². The number of hydrogen-bond donors (Lipinski definition) is 1. The molecular formula is C15H19Cl2N3O. The Kier molecular flexibility index (Phi) is 5.51. The molecule has 1 unspecified atom stereocenters. The molecule has 1 aromatic heterocycles. The molecule has 1 aromatic carbocycles. The van der Waals surface area contributed by atoms with Crippen LogP contribution in [-0.2, 0) is 6.54 Å². The highest BCUT2D eigenvalue weighted by atomic mass is 35.5. The summed E-state index contributed by atoms with van der Waals surface area (Å²) in [5.41, 5.74) is 2.01. The zero-order valence-corrected chi connectivity index (χ0v) is 13.9. The summed E-state index contributed by atoms with van der Waals surface area (Å²) in [5, 5.41) is 8.91. The van der Waals surface area contributed by atoms with Crippen LogP contribution in [0.5, 0.6) is 5.75 Å². The van der Waals surface area contributed by atoms with Gasteiger partial charge in [0.25, 0.3) is 0 Å². The molecule has 0 saturated heterocycles. The zero-order valence-electron chi connectivity index (χ0n) is 12.4. The van der Waals surface area contributed by atoms with Crippen LogP contribution in [0.25, 0.3) is 0 Å². The van der Waals surface area contributed by atoms with Gasteiger partial charge in [-0.15, -0.1) is 0 Å². The average Bonchev–Trinajstić information content (AvgIpc) is 2.90. The minimum atomic E-state index is -0.0535. The lowest BCUT2D eigenvalue weighted by Gasteiger charge is -2.21. The molecule has 21 heavy (non-hydrogen) atoms. The van der Waals surface area contributed by atoms with Crippen molar-refractivity contribution in [3.05, 3.63) is 45.7 Å². The van der Waals surface area contributed by atoms with E-state index in [0.29, 0.717) is 10.0 Å². The maximum absolute atomic E-state index is 6.15. The van der Waals surface area contributed by atoms with Crippen molar-refractivity contribution in [2.24, 2.45) is 0 Å². The fourth-order valence-electron chi connectivity index (χ4n) is 2.35. The molecule has 1 heterocycles. The van der Waals surface area contributed by atoms with E-state index >= 15 is 0 Å². The lowest BCUT2D eigenvalue weighted by molar-refractivity contribution is 0.399. The molecular weight excluding hydrogens is 309 g/mol. The first kappa shape index (κ1) is 16.1. The monoisotopic (exact) mass is 327 g/mol. The van der Waals surface area contributed by atoms with E-state index in [2.05, 4.69) is 17.3 Å². The van der Waals surface area contributed by atoms with E-state index in [0.717, 1.165) is 30.1 Å². The van der Waals surface area contributed by atoms with Crippen LogP contribution in [-0.4, -0.2) is 23.4 Å². The lowest BCUT2D eigenvalue weighted by atomic mass is 10.0. The van der Waals surface area contributed by atoms with Crippen molar-refractivity contribution in [1.29, 1.82) is 0 Å². The Labute approximate surface area is 135 Å². The van der Waals surface area contributed by atoms with Gasteiger partial charge in [0.05, 0.1) is 29.4 Å². The SMILES string of the molecule is CCNC(c1ccc(Cl)c(Cl)c1)c1c(OC)cnn1CC. The van der Waals surface area contributed by atoms with E-state index < -0.39 is 0 Å². The molecule has 2 rings (SSSR count). The molecule has 0 spiro atoms. The van der Waals surface area contributed by atoms with E-state index in [-0.39, 0.29) is 6.04 Å². The Morgan fingerprint density at radius 1 is 1.29 bits per heavy atom. The molecule has 2 aromatic rings. The smallest absolute Gasteiger partial charge is 0.161 e. The Bertz CT molecular complexity index is 591. The first-order valence-corrected chi connectivity index (χ1v) is 7.65. The maximum atomic E-state index is 6.15. The molecule has 0 bridgehead atoms. The third kappa shape index (κ3) is 3.34. The van der Waals surface area contributed by atoms with Crippen LogP contribution in [0.1, 0.15) is 31.1 Å². The zero-order chi connectivity index (χ0) is 15.4. The molecule has 0 saturated carbocycles. The summed E-state index contributed by atoms with van der Waals surface area (Å²) in [6.07, 6.45) is 1.74. The van der Waals surface area contributed by atoms with Crippen molar-refractivity contribution < 1.29 is 4.74 Å². The maximum Gasteiger partial charge on any atom is 0.161 e. The molecule has 0 aliphatic rings. The highest BCUT2D eigenvalue weighted by Crippen LogP contribution is 2.33. The minimum Gasteiger partial charge on any atom is -0.493 e. The second-order valence-electron chi connectivity index (χ2n) is 4.58. The second-order valence-corrected chi connectivity index (χ2v) is 5.39. The molecule has 0 radical (unpaired) electrons. The molecule has 1 atom stereocenters. The molecule has 1 N–H and O–H groups in total. The quantitative estimate of drug-likeness (QED) is 0.874. The van der Waals surface area contributed by atoms with Crippen molar-refractivity contribution in [1.82, 2.24) is 15.1 Å². The van der Waals surface area contributed by atoms with E-state index in [1.165, 1.54) is 0 Å². The highest BCUT2D eigenvalue weighted by molar-refractivity contribution is 6.42. The summed E-state index contributed by atoms with van der Waals surface area (Å²) in [6.45, 7) is 5.68. The van der Waals surface area contributed by atoms with Crippen molar-refractivity contribution in [2.45, 2.75) is 26.4 Å². The third-order valence-electron chi connectivity index (χ3n) is 3.32. The highest BCUT2D eigenvalue weighted by Gasteiger charge is 2.23. The van der Waals surface area contributed by atoms with Gasteiger partial charge in [-0.25, -0.2) is 0 Å². The normalized spacial score (nSPS) is 12.4. The van der Waals surface area contributed by atoms with Crippen LogP contribution in [0, 0.1) is 0 Å². The Morgan fingerprint density at radius 2 is 2.05 bits per heavy atom. The van der Waals surface area contributed by atoms with Gasteiger partial charge in [-0.05, 0) is 31.2 Å². The van der Waals surface area contributed by atoms with Gasteiger partial charge in [-0.1, -0.05) is 36.2 Å². The van der Waals surface area contributed by atoms with E-state index in [1.54, 1.807) is 13.3 Å². The predicted molar refractivity (Wildman–Crippen MR) is 86.4 cm³/mol. The summed E-state index contributed by atoms with van der Waals surface area (Å²) in [4.78, 5) is 0. The molecule has 0 aliphatic heterocycles. The Hall–Kier alpha value is -1.23. The van der Waals surface area contributed by atoms with Gasteiger partial charge in [0.1, 0.15) is 5.69 Å². The van der Waals surface area contributed by atoms with Crippen LogP contribution in [0.2, 0.25) is 10.0 Å². The molecule has 6 heteroatoms. The van der Waals surface area contributed by atoms with E-state index in [4.69, 9.17) is 27.9 Å². The van der Waals surface area contributed by atoms with Crippen LogP contribution >= 0.6 is 23.2 Å². The van der Waals surface area contributed by atoms with Crippen LogP contribution in [0.3, 0.4) is 0 Å². The number of nitrogens with zero attached hydrogens (tertiary/aromatic N) is 2. The molecule has 0 fully saturated rings. The number of benzene rings is 1. The van der Waals surface area contributed by atoms with Gasteiger partial charge in [-0.2, -0.15) is 5.10 Å². The number of methoxy groups -OCH3 is 1. The van der Waals surface area contributed by atoms with Crippen LogP contribution < -0.4 is 10.1 Å². The average molecular weight is 328 g/mol. The third-order valence-corrected chi connectivity index (χ3v) is 4.06. The van der Waals surface area contributed by atoms with Crippen LogP contribution in [0.15, 0.2) is 24.4 Å². The summed E-state index contributed by atoms with van der Waals surface area (Å²) >= 11 is 12.2. The fraction of sp³-hybridized carbons (Fsp3) is 0.400. The molecule has 4 nitrogen and oxygen atoms in total. The van der Waals surface area contributed by atoms with Gasteiger partial charge in [0, 0.05) is 6.54 Å². The molecule has 0 amide bonds. The minimum absolute atomic E-state index is 0.0535. The van der Waals surface area contributed by atoms with E-state index in [1.807, 2.05) is 29.8 Å². The summed E-state index contributed by atoms with van der Waals surface area (Å²) in [5.74, 6) is 0.758. The van der Waals surface area contributed by atoms with Crippen molar-refractivity contribution >= 4 is 23.2 Å². The number of nitrogens with one attached hydrogen (secondary N) is 1. The number of aryl methyl sites for hydroxylation is 1. The lowest BCUT2D eigenvalue weighted by Crippen LogP contribution is -2.25. The van der Waals surface area contributed by atoms with Gasteiger partial charge < -0.3 is 10.1 Å². The first-order valence-electron chi connectivity index (χ1n) is 6.90.